The maximum atomic E-state index is 10.5. The van der Waals surface area contributed by atoms with Crippen LogP contribution in [0.5, 0.6) is 11.5 Å². The predicted molar refractivity (Wildman–Crippen MR) is 63.5 cm³/mol. The molecule has 0 bridgehead atoms. The van der Waals surface area contributed by atoms with Gasteiger partial charge in [0, 0.05) is 23.0 Å². The topological polar surface area (TPSA) is 92.8 Å². The summed E-state index contributed by atoms with van der Waals surface area (Å²) in [6.45, 7) is 0. The van der Waals surface area contributed by atoms with Crippen LogP contribution >= 0.6 is 11.6 Å². The lowest BCUT2D eigenvalue weighted by Gasteiger charge is -2.17. The monoisotopic (exact) mass is 259 g/mol. The number of aromatic hydroxyl groups is 1. The van der Waals surface area contributed by atoms with Gasteiger partial charge in [-0.2, -0.15) is 0 Å². The van der Waals surface area contributed by atoms with Gasteiger partial charge in [-0.05, 0) is 18.6 Å². The number of phenols is 1. The van der Waals surface area contributed by atoms with E-state index in [2.05, 4.69) is 0 Å². The molecule has 0 heterocycles. The van der Waals surface area contributed by atoms with Crippen LogP contribution in [0.1, 0.15) is 24.4 Å². The quantitative estimate of drug-likeness (QED) is 0.751. The number of phenolic OH excluding ortho intramolecular Hbond substituents is 1. The summed E-state index contributed by atoms with van der Waals surface area (Å²) in [5.74, 6) is -0.816. The van der Waals surface area contributed by atoms with Crippen molar-refractivity contribution in [1.29, 1.82) is 0 Å². The molecule has 94 valence electrons. The van der Waals surface area contributed by atoms with Crippen molar-refractivity contribution in [3.63, 3.8) is 0 Å². The second-order valence-electron chi connectivity index (χ2n) is 3.55. The van der Waals surface area contributed by atoms with E-state index in [1.54, 1.807) is 0 Å². The summed E-state index contributed by atoms with van der Waals surface area (Å²) in [7, 11) is 1.39. The summed E-state index contributed by atoms with van der Waals surface area (Å²) in [5.41, 5.74) is 6.28. The average molecular weight is 260 g/mol. The number of nitrogens with two attached hydrogens (primary N) is 1. The lowest BCUT2D eigenvalue weighted by Crippen LogP contribution is -2.14. The Labute approximate surface area is 104 Å². The van der Waals surface area contributed by atoms with Crippen molar-refractivity contribution in [2.75, 3.05) is 7.11 Å². The Morgan fingerprint density at radius 3 is 2.76 bits per heavy atom. The molecule has 1 aromatic carbocycles. The molecule has 0 spiro atoms. The van der Waals surface area contributed by atoms with Crippen LogP contribution in [0, 0.1) is 0 Å². The van der Waals surface area contributed by atoms with Gasteiger partial charge in [-0.15, -0.1) is 0 Å². The number of rotatable bonds is 5. The Morgan fingerprint density at radius 2 is 2.24 bits per heavy atom. The molecule has 5 nitrogen and oxygen atoms in total. The van der Waals surface area contributed by atoms with Crippen LogP contribution in [-0.4, -0.2) is 23.3 Å². The van der Waals surface area contributed by atoms with Crippen LogP contribution in [0.2, 0.25) is 5.02 Å². The predicted octanol–water partition coefficient (Wildman–Crippen LogP) is 1.92. The molecule has 0 aliphatic carbocycles. The van der Waals surface area contributed by atoms with E-state index in [0.717, 1.165) is 0 Å². The maximum absolute atomic E-state index is 10.5. The summed E-state index contributed by atoms with van der Waals surface area (Å²) >= 11 is 5.97. The second kappa shape index (κ2) is 5.75. The number of benzene rings is 1. The van der Waals surface area contributed by atoms with E-state index >= 15 is 0 Å². The molecule has 17 heavy (non-hydrogen) atoms. The first kappa shape index (κ1) is 13.6. The smallest absolute Gasteiger partial charge is 0.303 e. The third-order valence-electron chi connectivity index (χ3n) is 2.37. The number of aliphatic carboxylic acids is 1. The molecule has 1 rings (SSSR count). The van der Waals surface area contributed by atoms with Crippen molar-refractivity contribution in [3.8, 4) is 11.5 Å². The Bertz CT molecular complexity index is 422. The van der Waals surface area contributed by atoms with E-state index in [1.807, 2.05) is 0 Å². The van der Waals surface area contributed by atoms with E-state index in [9.17, 15) is 9.90 Å². The van der Waals surface area contributed by atoms with Crippen molar-refractivity contribution in [2.24, 2.45) is 5.73 Å². The van der Waals surface area contributed by atoms with Gasteiger partial charge in [0.1, 0.15) is 0 Å². The zero-order valence-electron chi connectivity index (χ0n) is 9.31. The fourth-order valence-corrected chi connectivity index (χ4v) is 1.84. The molecular weight excluding hydrogens is 246 g/mol. The summed E-state index contributed by atoms with van der Waals surface area (Å²) < 4.78 is 5.02. The Kier molecular flexibility index (Phi) is 4.60. The fourth-order valence-electron chi connectivity index (χ4n) is 1.55. The standard InChI is InChI=1S/C11H14ClNO4/c1-17-11-8(14)4-2-6(12)10(11)7(13)3-5-9(15)16/h2,4,7,14H,3,5,13H2,1H3,(H,15,16). The Balaban J connectivity index is 3.02. The van der Waals surface area contributed by atoms with Crippen LogP contribution < -0.4 is 10.5 Å². The van der Waals surface area contributed by atoms with Gasteiger partial charge in [-0.25, -0.2) is 0 Å². The molecule has 0 aliphatic heterocycles. The molecular formula is C11H14ClNO4. The molecule has 0 saturated heterocycles. The van der Waals surface area contributed by atoms with Gasteiger partial charge in [0.05, 0.1) is 7.11 Å². The Morgan fingerprint density at radius 1 is 1.59 bits per heavy atom. The molecule has 0 aliphatic rings. The number of hydrogen-bond acceptors (Lipinski definition) is 4. The van der Waals surface area contributed by atoms with Crippen LogP contribution in [-0.2, 0) is 4.79 Å². The Hall–Kier alpha value is -1.46. The molecule has 4 N–H and O–H groups in total. The van der Waals surface area contributed by atoms with Crippen LogP contribution in [0.25, 0.3) is 0 Å². The SMILES string of the molecule is COc1c(O)ccc(Cl)c1C(N)CCC(=O)O. The molecule has 1 atom stereocenters. The zero-order chi connectivity index (χ0) is 13.0. The highest BCUT2D eigenvalue weighted by molar-refractivity contribution is 6.31. The number of hydrogen-bond donors (Lipinski definition) is 3. The van der Waals surface area contributed by atoms with Gasteiger partial charge in [-0.1, -0.05) is 11.6 Å². The average Bonchev–Trinajstić information content (AvgIpc) is 2.28. The first-order valence-corrected chi connectivity index (χ1v) is 5.38. The van der Waals surface area contributed by atoms with Crippen LogP contribution in [0.4, 0.5) is 0 Å². The van der Waals surface area contributed by atoms with Gasteiger partial charge in [0.15, 0.2) is 11.5 Å². The van der Waals surface area contributed by atoms with Crippen molar-refractivity contribution < 1.29 is 19.7 Å². The van der Waals surface area contributed by atoms with Gasteiger partial charge in [0.25, 0.3) is 0 Å². The normalized spacial score (nSPS) is 12.2. The molecule has 1 aromatic rings. The number of methoxy groups -OCH3 is 1. The van der Waals surface area contributed by atoms with Gasteiger partial charge < -0.3 is 20.7 Å². The van der Waals surface area contributed by atoms with Crippen LogP contribution in [0.15, 0.2) is 12.1 Å². The van der Waals surface area contributed by atoms with E-state index < -0.39 is 12.0 Å². The number of halogens is 1. The third-order valence-corrected chi connectivity index (χ3v) is 2.70. The van der Waals surface area contributed by atoms with Crippen molar-refractivity contribution in [2.45, 2.75) is 18.9 Å². The van der Waals surface area contributed by atoms with Crippen molar-refractivity contribution >= 4 is 17.6 Å². The highest BCUT2D eigenvalue weighted by atomic mass is 35.5. The van der Waals surface area contributed by atoms with E-state index in [1.165, 1.54) is 19.2 Å². The summed E-state index contributed by atoms with van der Waals surface area (Å²) in [5, 5.41) is 18.5. The fraction of sp³-hybridized carbons (Fsp3) is 0.364. The van der Waals surface area contributed by atoms with Crippen LogP contribution in [0.3, 0.4) is 0 Å². The van der Waals surface area contributed by atoms with Gasteiger partial charge in [0.2, 0.25) is 0 Å². The van der Waals surface area contributed by atoms with Crippen molar-refractivity contribution in [1.82, 2.24) is 0 Å². The largest absolute Gasteiger partial charge is 0.504 e. The minimum absolute atomic E-state index is 0.0716. The second-order valence-corrected chi connectivity index (χ2v) is 3.96. The first-order chi connectivity index (χ1) is 7.97. The summed E-state index contributed by atoms with van der Waals surface area (Å²) in [4.78, 5) is 10.5. The highest BCUT2D eigenvalue weighted by Gasteiger charge is 2.19. The maximum Gasteiger partial charge on any atom is 0.303 e. The number of ether oxygens (including phenoxy) is 1. The summed E-state index contributed by atoms with van der Waals surface area (Å²) in [6.07, 6.45) is 0.144. The molecule has 0 aromatic heterocycles. The number of carboxylic acids is 1. The molecule has 0 fully saturated rings. The molecule has 0 saturated carbocycles. The highest BCUT2D eigenvalue weighted by Crippen LogP contribution is 2.39. The molecule has 0 radical (unpaired) electrons. The van der Waals surface area contributed by atoms with Gasteiger partial charge >= 0.3 is 5.97 Å². The van der Waals surface area contributed by atoms with E-state index in [-0.39, 0.29) is 24.3 Å². The van der Waals surface area contributed by atoms with Gasteiger partial charge in [-0.3, -0.25) is 4.79 Å². The minimum atomic E-state index is -0.935. The molecule has 0 amide bonds. The molecule has 6 heteroatoms. The van der Waals surface area contributed by atoms with E-state index in [0.29, 0.717) is 10.6 Å². The summed E-state index contributed by atoms with van der Waals surface area (Å²) in [6, 6.07) is 2.30. The minimum Gasteiger partial charge on any atom is -0.504 e. The molecule has 1 unspecified atom stereocenters. The third kappa shape index (κ3) is 3.25. The zero-order valence-corrected chi connectivity index (χ0v) is 10.1. The number of carboxylic acid groups (broad SMARTS) is 1. The lowest BCUT2D eigenvalue weighted by molar-refractivity contribution is -0.137. The van der Waals surface area contributed by atoms with E-state index in [4.69, 9.17) is 27.2 Å². The number of carbonyl (C=O) groups is 1. The lowest BCUT2D eigenvalue weighted by atomic mass is 10.0. The van der Waals surface area contributed by atoms with Crippen molar-refractivity contribution in [3.05, 3.63) is 22.7 Å². The first-order valence-electron chi connectivity index (χ1n) is 5.00.